The predicted octanol–water partition coefficient (Wildman–Crippen LogP) is -0.128. The van der Waals surface area contributed by atoms with Crippen LogP contribution >= 0.6 is 0 Å². The number of hydrogen-bond donors (Lipinski definition) is 2. The van der Waals surface area contributed by atoms with Gasteiger partial charge < -0.3 is 15.6 Å². The summed E-state index contributed by atoms with van der Waals surface area (Å²) in [6, 6.07) is 2.96. The average molecular weight is 278 g/mol. The van der Waals surface area contributed by atoms with Gasteiger partial charge in [0.25, 0.3) is 5.91 Å². The van der Waals surface area contributed by atoms with Gasteiger partial charge in [-0.1, -0.05) is 0 Å². The molecule has 3 N–H and O–H groups in total. The highest BCUT2D eigenvalue weighted by atomic mass is 16.2. The van der Waals surface area contributed by atoms with Gasteiger partial charge >= 0.3 is 0 Å². The number of carbonyl (C=O) groups excluding carboxylic acids is 1. The van der Waals surface area contributed by atoms with Crippen LogP contribution in [0.15, 0.2) is 23.1 Å². The number of H-pyrrole nitrogens is 1. The lowest BCUT2D eigenvalue weighted by molar-refractivity contribution is 0.0635. The number of nitrogens with zero attached hydrogens (tertiary/aromatic N) is 2. The molecule has 0 saturated carbocycles. The highest BCUT2D eigenvalue weighted by Crippen LogP contribution is 2.08. The number of piperazine rings is 1. The van der Waals surface area contributed by atoms with Crippen LogP contribution in [-0.2, 0) is 0 Å². The predicted molar refractivity (Wildman–Crippen MR) is 77.7 cm³/mol. The van der Waals surface area contributed by atoms with E-state index >= 15 is 0 Å². The zero-order valence-electron chi connectivity index (χ0n) is 11.7. The van der Waals surface area contributed by atoms with Crippen LogP contribution in [-0.4, -0.2) is 60.0 Å². The van der Waals surface area contributed by atoms with E-state index in [0.717, 1.165) is 52.1 Å². The number of aromatic nitrogens is 1. The average Bonchev–Trinajstić information content (AvgIpc) is 2.48. The van der Waals surface area contributed by atoms with Gasteiger partial charge in [-0.3, -0.25) is 14.5 Å². The van der Waals surface area contributed by atoms with E-state index in [4.69, 9.17) is 5.73 Å². The molecule has 6 nitrogen and oxygen atoms in total. The third-order valence-corrected chi connectivity index (χ3v) is 3.62. The van der Waals surface area contributed by atoms with Gasteiger partial charge in [0.15, 0.2) is 0 Å². The minimum Gasteiger partial charge on any atom is -0.336 e. The monoisotopic (exact) mass is 278 g/mol. The molecule has 20 heavy (non-hydrogen) atoms. The quantitative estimate of drug-likeness (QED) is 0.735. The molecule has 0 spiro atoms. The van der Waals surface area contributed by atoms with Crippen molar-refractivity contribution in [3.05, 3.63) is 34.2 Å². The van der Waals surface area contributed by atoms with Gasteiger partial charge in [0.1, 0.15) is 0 Å². The van der Waals surface area contributed by atoms with Crippen LogP contribution in [0.2, 0.25) is 0 Å². The van der Waals surface area contributed by atoms with Crippen molar-refractivity contribution < 1.29 is 4.79 Å². The van der Waals surface area contributed by atoms with Gasteiger partial charge in [-0.05, 0) is 32.0 Å². The summed E-state index contributed by atoms with van der Waals surface area (Å²) in [5.74, 6) is -0.0112. The van der Waals surface area contributed by atoms with Crippen molar-refractivity contribution in [2.24, 2.45) is 5.73 Å². The molecule has 0 bridgehead atoms. The van der Waals surface area contributed by atoms with Crippen LogP contribution in [0.1, 0.15) is 23.2 Å². The minimum absolute atomic E-state index is 0.0112. The van der Waals surface area contributed by atoms with Crippen molar-refractivity contribution in [2.45, 2.75) is 12.8 Å². The van der Waals surface area contributed by atoms with Gasteiger partial charge in [0, 0.05) is 38.4 Å². The van der Waals surface area contributed by atoms with E-state index in [9.17, 15) is 9.59 Å². The van der Waals surface area contributed by atoms with E-state index < -0.39 is 0 Å². The molecule has 0 aromatic carbocycles. The zero-order valence-corrected chi connectivity index (χ0v) is 11.7. The Bertz CT molecular complexity index is 472. The summed E-state index contributed by atoms with van der Waals surface area (Å²) >= 11 is 0. The maximum absolute atomic E-state index is 12.2. The molecule has 2 heterocycles. The fraction of sp³-hybridized carbons (Fsp3) is 0.571. The number of aromatic amines is 1. The molecule has 2 rings (SSSR count). The molecule has 1 aliphatic rings. The van der Waals surface area contributed by atoms with E-state index in [-0.39, 0.29) is 11.5 Å². The van der Waals surface area contributed by atoms with Crippen molar-refractivity contribution in [3.63, 3.8) is 0 Å². The van der Waals surface area contributed by atoms with Crippen LogP contribution in [0, 0.1) is 0 Å². The lowest BCUT2D eigenvalue weighted by atomic mass is 10.2. The molecule has 6 heteroatoms. The van der Waals surface area contributed by atoms with E-state index in [1.165, 1.54) is 12.3 Å². The Hall–Kier alpha value is -1.66. The van der Waals surface area contributed by atoms with Crippen molar-refractivity contribution in [1.29, 1.82) is 0 Å². The molecule has 1 aromatic heterocycles. The summed E-state index contributed by atoms with van der Waals surface area (Å²) < 4.78 is 0. The highest BCUT2D eigenvalue weighted by molar-refractivity contribution is 5.93. The molecule has 1 fully saturated rings. The third kappa shape index (κ3) is 3.91. The van der Waals surface area contributed by atoms with Gasteiger partial charge in [-0.2, -0.15) is 0 Å². The number of nitrogens with one attached hydrogen (secondary N) is 1. The van der Waals surface area contributed by atoms with Gasteiger partial charge in [0.2, 0.25) is 5.56 Å². The lowest BCUT2D eigenvalue weighted by Gasteiger charge is -2.34. The summed E-state index contributed by atoms with van der Waals surface area (Å²) in [5.41, 5.74) is 5.84. The van der Waals surface area contributed by atoms with Crippen molar-refractivity contribution in [1.82, 2.24) is 14.8 Å². The largest absolute Gasteiger partial charge is 0.336 e. The molecule has 1 amide bonds. The molecule has 0 atom stereocenters. The minimum atomic E-state index is -0.189. The highest BCUT2D eigenvalue weighted by Gasteiger charge is 2.21. The van der Waals surface area contributed by atoms with E-state index in [1.54, 1.807) is 6.07 Å². The second kappa shape index (κ2) is 7.21. The molecular weight excluding hydrogens is 256 g/mol. The Balaban J connectivity index is 1.82. The summed E-state index contributed by atoms with van der Waals surface area (Å²) in [6.07, 6.45) is 3.65. The number of nitrogens with two attached hydrogens (primary N) is 1. The second-order valence-electron chi connectivity index (χ2n) is 5.07. The summed E-state index contributed by atoms with van der Waals surface area (Å²) in [4.78, 5) is 30.0. The second-order valence-corrected chi connectivity index (χ2v) is 5.07. The molecule has 0 aliphatic carbocycles. The Morgan fingerprint density at radius 3 is 2.55 bits per heavy atom. The molecule has 110 valence electrons. The first kappa shape index (κ1) is 14.7. The SMILES string of the molecule is NCCCCN1CCN(C(=O)c2ccc(=O)[nH]c2)CC1. The fourth-order valence-corrected chi connectivity index (χ4v) is 2.38. The first-order valence-electron chi connectivity index (χ1n) is 7.11. The molecule has 0 radical (unpaired) electrons. The first-order chi connectivity index (χ1) is 9.70. The summed E-state index contributed by atoms with van der Waals surface area (Å²) in [5, 5.41) is 0. The van der Waals surface area contributed by atoms with Crippen LogP contribution in [0.3, 0.4) is 0 Å². The van der Waals surface area contributed by atoms with Gasteiger partial charge in [-0.25, -0.2) is 0 Å². The zero-order chi connectivity index (χ0) is 14.4. The van der Waals surface area contributed by atoms with Crippen LogP contribution < -0.4 is 11.3 Å². The smallest absolute Gasteiger partial charge is 0.255 e. The Kier molecular flexibility index (Phi) is 5.31. The van der Waals surface area contributed by atoms with Gasteiger partial charge in [-0.15, -0.1) is 0 Å². The van der Waals surface area contributed by atoms with Crippen LogP contribution in [0.5, 0.6) is 0 Å². The van der Waals surface area contributed by atoms with Gasteiger partial charge in [0.05, 0.1) is 5.56 Å². The molecule has 1 aromatic rings. The molecule has 1 saturated heterocycles. The Morgan fingerprint density at radius 1 is 1.20 bits per heavy atom. The number of pyridine rings is 1. The maximum atomic E-state index is 12.2. The lowest BCUT2D eigenvalue weighted by Crippen LogP contribution is -2.48. The van der Waals surface area contributed by atoms with Crippen molar-refractivity contribution >= 4 is 5.91 Å². The number of carbonyl (C=O) groups is 1. The van der Waals surface area contributed by atoms with E-state index in [0.29, 0.717) is 5.56 Å². The first-order valence-corrected chi connectivity index (χ1v) is 7.11. The van der Waals surface area contributed by atoms with E-state index in [1.807, 2.05) is 4.90 Å². The number of amides is 1. The van der Waals surface area contributed by atoms with Crippen molar-refractivity contribution in [2.75, 3.05) is 39.3 Å². The molecule has 1 aliphatic heterocycles. The van der Waals surface area contributed by atoms with Crippen LogP contribution in [0.25, 0.3) is 0 Å². The maximum Gasteiger partial charge on any atom is 0.255 e. The number of hydrogen-bond acceptors (Lipinski definition) is 4. The molecule has 0 unspecified atom stereocenters. The number of rotatable bonds is 5. The summed E-state index contributed by atoms with van der Waals surface area (Å²) in [7, 11) is 0. The van der Waals surface area contributed by atoms with Crippen molar-refractivity contribution in [3.8, 4) is 0 Å². The number of unbranched alkanes of at least 4 members (excludes halogenated alkanes) is 1. The third-order valence-electron chi connectivity index (χ3n) is 3.62. The normalized spacial score (nSPS) is 16.4. The Morgan fingerprint density at radius 2 is 1.95 bits per heavy atom. The molecular formula is C14H22N4O2. The summed E-state index contributed by atoms with van der Waals surface area (Å²) in [6.45, 7) is 5.07. The Labute approximate surface area is 118 Å². The van der Waals surface area contributed by atoms with Crippen LogP contribution in [0.4, 0.5) is 0 Å². The fourth-order valence-electron chi connectivity index (χ4n) is 2.38. The van der Waals surface area contributed by atoms with E-state index in [2.05, 4.69) is 9.88 Å². The topological polar surface area (TPSA) is 82.4 Å². The standard InChI is InChI=1S/C14H22N4O2/c15-5-1-2-6-17-7-9-18(10-8-17)14(20)12-3-4-13(19)16-11-12/h3-4,11H,1-2,5-10,15H2,(H,16,19).